The molecule has 1 aliphatic carbocycles. The largest absolute Gasteiger partial charge is 0.444 e. The normalized spacial score (nSPS) is 18.8. The van der Waals surface area contributed by atoms with E-state index in [0.29, 0.717) is 55.8 Å². The zero-order valence-electron chi connectivity index (χ0n) is 21.4. The van der Waals surface area contributed by atoms with E-state index in [1.54, 1.807) is 4.90 Å². The highest BCUT2D eigenvalue weighted by atomic mass is 32.1. The Morgan fingerprint density at radius 3 is 2.31 bits per heavy atom. The van der Waals surface area contributed by atoms with E-state index in [1.807, 2.05) is 25.7 Å². The van der Waals surface area contributed by atoms with E-state index < -0.39 is 5.60 Å². The molecule has 0 radical (unpaired) electrons. The second-order valence-electron chi connectivity index (χ2n) is 10.6. The Kier molecular flexibility index (Phi) is 6.86. The van der Waals surface area contributed by atoms with Crippen LogP contribution >= 0.6 is 11.3 Å². The van der Waals surface area contributed by atoms with Gasteiger partial charge in [-0.05, 0) is 57.6 Å². The molecule has 1 amide bonds. The van der Waals surface area contributed by atoms with Crippen LogP contribution in [0.3, 0.4) is 0 Å². The van der Waals surface area contributed by atoms with Crippen molar-refractivity contribution in [3.63, 3.8) is 0 Å². The second kappa shape index (κ2) is 9.93. The molecular formula is C25H35N7O3S. The van der Waals surface area contributed by atoms with Crippen molar-refractivity contribution in [2.75, 3.05) is 57.4 Å². The SMILES string of the molecule is CC(C)(C)OC(=O)N1CCN(C(=N)c2sc3nc(N4CCOCC4)c4c(c3c2N=N)CCCC4)CC1. The van der Waals surface area contributed by atoms with Crippen LogP contribution in [0.5, 0.6) is 0 Å². The maximum Gasteiger partial charge on any atom is 0.410 e. The number of nitrogens with one attached hydrogen (secondary N) is 2. The number of piperazine rings is 1. The number of pyridine rings is 1. The topological polar surface area (TPSA) is 118 Å². The Bertz CT molecular complexity index is 1170. The summed E-state index contributed by atoms with van der Waals surface area (Å²) in [5, 5.41) is 13.9. The van der Waals surface area contributed by atoms with Gasteiger partial charge in [-0.1, -0.05) is 0 Å². The Labute approximate surface area is 215 Å². The van der Waals surface area contributed by atoms with Crippen LogP contribution in [-0.2, 0) is 22.3 Å². The first-order valence-electron chi connectivity index (χ1n) is 12.8. The van der Waals surface area contributed by atoms with Crippen LogP contribution in [0, 0.1) is 10.9 Å². The van der Waals surface area contributed by atoms with Gasteiger partial charge in [0.05, 0.1) is 18.1 Å². The van der Waals surface area contributed by atoms with Gasteiger partial charge in [-0.2, -0.15) is 5.11 Å². The lowest BCUT2D eigenvalue weighted by molar-refractivity contribution is 0.0187. The predicted molar refractivity (Wildman–Crippen MR) is 140 cm³/mol. The van der Waals surface area contributed by atoms with Gasteiger partial charge >= 0.3 is 6.09 Å². The fourth-order valence-corrected chi connectivity index (χ4v) is 6.36. The van der Waals surface area contributed by atoms with Crippen molar-refractivity contribution in [2.45, 2.75) is 52.1 Å². The number of carbonyl (C=O) groups excluding carboxylic acids is 1. The maximum atomic E-state index is 12.5. The number of hydrogen-bond donors (Lipinski definition) is 2. The highest BCUT2D eigenvalue weighted by Gasteiger charge is 2.31. The van der Waals surface area contributed by atoms with Crippen molar-refractivity contribution in [1.82, 2.24) is 14.8 Å². The summed E-state index contributed by atoms with van der Waals surface area (Å²) in [7, 11) is 0. The summed E-state index contributed by atoms with van der Waals surface area (Å²) in [5.74, 6) is 1.40. The van der Waals surface area contributed by atoms with Gasteiger partial charge in [0.1, 0.15) is 27.8 Å². The first-order chi connectivity index (χ1) is 17.3. The van der Waals surface area contributed by atoms with Crippen molar-refractivity contribution >= 4 is 45.0 Å². The Morgan fingerprint density at radius 1 is 1.03 bits per heavy atom. The molecule has 194 valence electrons. The molecule has 36 heavy (non-hydrogen) atoms. The molecule has 4 heterocycles. The number of amides is 1. The van der Waals surface area contributed by atoms with E-state index in [1.165, 1.54) is 22.5 Å². The molecular weight excluding hydrogens is 478 g/mol. The molecule has 0 unspecified atom stereocenters. The summed E-state index contributed by atoms with van der Waals surface area (Å²) < 4.78 is 11.1. The first-order valence-corrected chi connectivity index (χ1v) is 13.6. The maximum absolute atomic E-state index is 12.5. The zero-order valence-corrected chi connectivity index (χ0v) is 22.2. The van der Waals surface area contributed by atoms with Crippen LogP contribution in [0.4, 0.5) is 16.3 Å². The molecule has 0 bridgehead atoms. The molecule has 2 aromatic heterocycles. The minimum atomic E-state index is -0.533. The molecule has 0 saturated carbocycles. The highest BCUT2D eigenvalue weighted by Crippen LogP contribution is 2.45. The van der Waals surface area contributed by atoms with Crippen molar-refractivity contribution < 1.29 is 14.3 Å². The highest BCUT2D eigenvalue weighted by molar-refractivity contribution is 7.21. The Hall–Kier alpha value is -2.79. The zero-order chi connectivity index (χ0) is 25.4. The second-order valence-corrected chi connectivity index (χ2v) is 11.6. The van der Waals surface area contributed by atoms with Crippen LogP contribution in [-0.4, -0.2) is 84.8 Å². The van der Waals surface area contributed by atoms with E-state index >= 15 is 0 Å². The lowest BCUT2D eigenvalue weighted by Crippen LogP contribution is -2.51. The van der Waals surface area contributed by atoms with Gasteiger partial charge in [-0.25, -0.2) is 15.3 Å². The summed E-state index contributed by atoms with van der Waals surface area (Å²) in [6.45, 7) is 10.7. The summed E-state index contributed by atoms with van der Waals surface area (Å²) in [5.41, 5.74) is 10.6. The molecule has 3 aliphatic rings. The minimum absolute atomic E-state index is 0.316. The number of nitrogens with zero attached hydrogens (tertiary/aromatic N) is 5. The van der Waals surface area contributed by atoms with E-state index in [4.69, 9.17) is 25.4 Å². The molecule has 0 aromatic carbocycles. The number of anilines is 1. The molecule has 5 rings (SSSR count). The number of ether oxygens (including phenoxy) is 2. The average Bonchev–Trinajstić information content (AvgIpc) is 3.26. The van der Waals surface area contributed by atoms with Crippen LogP contribution in [0.25, 0.3) is 10.2 Å². The number of rotatable bonds is 3. The number of thiophene rings is 1. The number of aryl methyl sites for hydroxylation is 1. The number of fused-ring (bicyclic) bond motifs is 3. The number of aromatic nitrogens is 1. The summed E-state index contributed by atoms with van der Waals surface area (Å²) >= 11 is 1.46. The number of carbonyl (C=O) groups is 1. The summed E-state index contributed by atoms with van der Waals surface area (Å²) in [4.78, 5) is 25.1. The minimum Gasteiger partial charge on any atom is -0.444 e. The average molecular weight is 514 g/mol. The first kappa shape index (κ1) is 24.9. The van der Waals surface area contributed by atoms with E-state index in [-0.39, 0.29) is 6.09 Å². The third-order valence-electron chi connectivity index (χ3n) is 7.00. The monoisotopic (exact) mass is 513 g/mol. The van der Waals surface area contributed by atoms with Gasteiger partial charge in [0, 0.05) is 44.7 Å². The smallest absolute Gasteiger partial charge is 0.410 e. The Balaban J connectivity index is 1.43. The Morgan fingerprint density at radius 2 is 1.67 bits per heavy atom. The van der Waals surface area contributed by atoms with Gasteiger partial charge in [0.15, 0.2) is 0 Å². The number of hydrogen-bond acceptors (Lipinski definition) is 9. The van der Waals surface area contributed by atoms with Crippen LogP contribution < -0.4 is 4.90 Å². The van der Waals surface area contributed by atoms with Gasteiger partial charge < -0.3 is 24.2 Å². The van der Waals surface area contributed by atoms with Crippen molar-refractivity contribution in [1.29, 1.82) is 10.9 Å². The van der Waals surface area contributed by atoms with Crippen molar-refractivity contribution in [3.05, 3.63) is 16.0 Å². The predicted octanol–water partition coefficient (Wildman–Crippen LogP) is 4.55. The molecule has 11 heteroatoms. The van der Waals surface area contributed by atoms with Gasteiger partial charge in [0.2, 0.25) is 0 Å². The fraction of sp³-hybridized carbons (Fsp3) is 0.640. The number of amidine groups is 1. The molecule has 2 fully saturated rings. The van der Waals surface area contributed by atoms with Crippen LogP contribution in [0.2, 0.25) is 0 Å². The molecule has 0 atom stereocenters. The van der Waals surface area contributed by atoms with Crippen molar-refractivity contribution in [3.8, 4) is 0 Å². The molecule has 2 saturated heterocycles. The third-order valence-corrected chi connectivity index (χ3v) is 8.08. The van der Waals surface area contributed by atoms with E-state index in [2.05, 4.69) is 10.0 Å². The quantitative estimate of drug-likeness (QED) is 0.353. The van der Waals surface area contributed by atoms with Crippen LogP contribution in [0.15, 0.2) is 5.11 Å². The molecule has 10 nitrogen and oxygen atoms in total. The van der Waals surface area contributed by atoms with Crippen LogP contribution in [0.1, 0.15) is 49.6 Å². The molecule has 2 N–H and O–H groups in total. The van der Waals surface area contributed by atoms with E-state index in [9.17, 15) is 4.79 Å². The van der Waals surface area contributed by atoms with E-state index in [0.717, 1.165) is 54.8 Å². The van der Waals surface area contributed by atoms with Crippen molar-refractivity contribution in [2.24, 2.45) is 5.11 Å². The summed E-state index contributed by atoms with van der Waals surface area (Å²) in [6, 6.07) is 0. The van der Waals surface area contributed by atoms with Gasteiger partial charge in [-0.3, -0.25) is 5.41 Å². The third kappa shape index (κ3) is 4.78. The molecule has 0 spiro atoms. The lowest BCUT2D eigenvalue weighted by atomic mass is 9.89. The molecule has 2 aromatic rings. The fourth-order valence-electron chi connectivity index (χ4n) is 5.24. The molecule has 2 aliphatic heterocycles. The standard InChI is InChI=1S/C25H35N7O3S/c1-25(2,3)35-24(33)32-10-8-30(9-11-32)21(26)20-19(29-27)18-16-6-4-5-7-17(16)22(28-23(18)36-20)31-12-14-34-15-13-31/h26-27H,4-15H2,1-3H3. The summed E-state index contributed by atoms with van der Waals surface area (Å²) in [6.07, 6.45) is 3.87. The lowest BCUT2D eigenvalue weighted by Gasteiger charge is -2.36. The number of morpholine rings is 1. The van der Waals surface area contributed by atoms with Gasteiger partial charge in [-0.15, -0.1) is 11.3 Å². The van der Waals surface area contributed by atoms with Gasteiger partial charge in [0.25, 0.3) is 0 Å².